The Morgan fingerprint density at radius 3 is 2.80 bits per heavy atom. The fourth-order valence-corrected chi connectivity index (χ4v) is 2.76. The van der Waals surface area contributed by atoms with Crippen molar-refractivity contribution in [2.24, 2.45) is 5.92 Å². The molecular weight excluding hydrogens is 213 g/mol. The number of hydrogen-bond acceptors (Lipinski definition) is 2. The lowest BCUT2D eigenvalue weighted by atomic mass is 10.3. The van der Waals surface area contributed by atoms with Crippen LogP contribution < -0.4 is 5.73 Å². The average molecular weight is 227 g/mol. The zero-order valence-electron chi connectivity index (χ0n) is 8.41. The van der Waals surface area contributed by atoms with Crippen molar-refractivity contribution in [2.45, 2.75) is 24.2 Å². The largest absolute Gasteiger partial charge is 0.399 e. The maximum atomic E-state index is 13.4. The summed E-state index contributed by atoms with van der Waals surface area (Å²) in [4.78, 5) is 0.282. The van der Waals surface area contributed by atoms with Gasteiger partial charge in [-0.2, -0.15) is 0 Å². The maximum absolute atomic E-state index is 13.4. The molecule has 1 aromatic carbocycles. The summed E-state index contributed by atoms with van der Waals surface area (Å²) in [6.07, 6.45) is 3.42. The highest BCUT2D eigenvalue weighted by Crippen LogP contribution is 2.33. The van der Waals surface area contributed by atoms with Crippen LogP contribution >= 0.6 is 0 Å². The lowest BCUT2D eigenvalue weighted by molar-refractivity contribution is 0.595. The van der Waals surface area contributed by atoms with Gasteiger partial charge in [0, 0.05) is 11.4 Å². The van der Waals surface area contributed by atoms with E-state index in [0.717, 1.165) is 12.3 Å². The molecule has 1 aliphatic carbocycles. The molecule has 0 saturated heterocycles. The molecule has 15 heavy (non-hydrogen) atoms. The van der Waals surface area contributed by atoms with E-state index in [1.807, 2.05) is 0 Å². The van der Waals surface area contributed by atoms with Gasteiger partial charge in [-0.25, -0.2) is 4.39 Å². The van der Waals surface area contributed by atoms with Crippen molar-refractivity contribution in [3.05, 3.63) is 24.0 Å². The van der Waals surface area contributed by atoms with Gasteiger partial charge in [-0.1, -0.05) is 12.8 Å². The van der Waals surface area contributed by atoms with Crippen LogP contribution in [0, 0.1) is 11.7 Å². The summed E-state index contributed by atoms with van der Waals surface area (Å²) < 4.78 is 25.1. The van der Waals surface area contributed by atoms with E-state index in [-0.39, 0.29) is 4.90 Å². The van der Waals surface area contributed by atoms with Crippen molar-refractivity contribution in [3.63, 3.8) is 0 Å². The van der Waals surface area contributed by atoms with E-state index < -0.39 is 16.6 Å². The Morgan fingerprint density at radius 2 is 2.20 bits per heavy atom. The summed E-state index contributed by atoms with van der Waals surface area (Å²) >= 11 is 0. The van der Waals surface area contributed by atoms with Gasteiger partial charge in [0.2, 0.25) is 0 Å². The Hall–Kier alpha value is -0.900. The summed E-state index contributed by atoms with van der Waals surface area (Å²) in [6.45, 7) is 0. The minimum atomic E-state index is -1.21. The minimum Gasteiger partial charge on any atom is -0.399 e. The smallest absolute Gasteiger partial charge is 0.141 e. The molecule has 0 spiro atoms. The number of halogens is 1. The molecule has 1 aromatic rings. The zero-order valence-corrected chi connectivity index (χ0v) is 9.23. The molecule has 2 rings (SSSR count). The van der Waals surface area contributed by atoms with Crippen molar-refractivity contribution in [3.8, 4) is 0 Å². The second-order valence-corrected chi connectivity index (χ2v) is 5.51. The average Bonchev–Trinajstić information content (AvgIpc) is 2.97. The number of rotatable bonds is 4. The van der Waals surface area contributed by atoms with Gasteiger partial charge in [0.05, 0.1) is 15.7 Å². The summed E-state index contributed by atoms with van der Waals surface area (Å²) in [6, 6.07) is 4.34. The van der Waals surface area contributed by atoms with E-state index in [9.17, 15) is 8.60 Å². The molecule has 0 bridgehead atoms. The second kappa shape index (κ2) is 4.31. The lowest BCUT2D eigenvalue weighted by Crippen LogP contribution is -2.02. The van der Waals surface area contributed by atoms with Crippen LogP contribution in [0.15, 0.2) is 23.1 Å². The third-order valence-electron chi connectivity index (χ3n) is 2.61. The molecule has 1 saturated carbocycles. The third kappa shape index (κ3) is 2.78. The van der Waals surface area contributed by atoms with E-state index in [2.05, 4.69) is 0 Å². The Bertz CT molecular complexity index is 390. The molecule has 2 N–H and O–H groups in total. The summed E-state index contributed by atoms with van der Waals surface area (Å²) in [5.41, 5.74) is 5.79. The number of anilines is 1. The van der Waals surface area contributed by atoms with Crippen LogP contribution in [0.1, 0.15) is 19.3 Å². The quantitative estimate of drug-likeness (QED) is 0.802. The van der Waals surface area contributed by atoms with Crippen molar-refractivity contribution in [1.82, 2.24) is 0 Å². The SMILES string of the molecule is Nc1ccc(S(=O)CCC2CC2)c(F)c1. The number of nitrogen functional groups attached to an aromatic ring is 1. The van der Waals surface area contributed by atoms with Gasteiger partial charge in [-0.05, 0) is 30.5 Å². The lowest BCUT2D eigenvalue weighted by Gasteiger charge is -2.03. The monoisotopic (exact) mass is 227 g/mol. The molecule has 0 aromatic heterocycles. The standard InChI is InChI=1S/C11H14FNOS/c12-10-7-9(13)3-4-11(10)15(14)6-5-8-1-2-8/h3-4,7-8H,1-2,5-6,13H2. The van der Waals surface area contributed by atoms with Crippen molar-refractivity contribution in [2.75, 3.05) is 11.5 Å². The molecule has 0 aliphatic heterocycles. The second-order valence-electron chi connectivity index (χ2n) is 3.97. The Labute approximate surface area is 91.1 Å². The molecule has 4 heteroatoms. The molecule has 1 unspecified atom stereocenters. The molecule has 0 amide bonds. The van der Waals surface area contributed by atoms with Crippen LogP contribution in [0.25, 0.3) is 0 Å². The molecule has 82 valence electrons. The topological polar surface area (TPSA) is 43.1 Å². The summed E-state index contributed by atoms with van der Waals surface area (Å²) in [7, 11) is -1.21. The molecule has 1 atom stereocenters. The zero-order chi connectivity index (χ0) is 10.8. The van der Waals surface area contributed by atoms with Gasteiger partial charge in [0.1, 0.15) is 5.82 Å². The van der Waals surface area contributed by atoms with Crippen molar-refractivity contribution < 1.29 is 8.60 Å². The minimum absolute atomic E-state index is 0.282. The summed E-state index contributed by atoms with van der Waals surface area (Å²) in [5, 5.41) is 0. The highest BCUT2D eigenvalue weighted by atomic mass is 32.2. The van der Waals surface area contributed by atoms with E-state index >= 15 is 0 Å². The predicted octanol–water partition coefficient (Wildman–Crippen LogP) is 2.32. The predicted molar refractivity (Wildman–Crippen MR) is 59.4 cm³/mol. The highest BCUT2D eigenvalue weighted by Gasteiger charge is 2.22. The number of benzene rings is 1. The molecule has 0 heterocycles. The van der Waals surface area contributed by atoms with Crippen LogP contribution in [0.2, 0.25) is 0 Å². The van der Waals surface area contributed by atoms with Crippen molar-refractivity contribution in [1.29, 1.82) is 0 Å². The highest BCUT2D eigenvalue weighted by molar-refractivity contribution is 7.85. The fourth-order valence-electron chi connectivity index (χ4n) is 1.49. The first-order valence-corrected chi connectivity index (χ1v) is 6.42. The van der Waals surface area contributed by atoms with Gasteiger partial charge < -0.3 is 5.73 Å². The molecule has 1 fully saturated rings. The third-order valence-corrected chi connectivity index (χ3v) is 4.04. The molecular formula is C11H14FNOS. The fraction of sp³-hybridized carbons (Fsp3) is 0.455. The molecule has 1 aliphatic rings. The van der Waals surface area contributed by atoms with Gasteiger partial charge in [0.15, 0.2) is 0 Å². The van der Waals surface area contributed by atoms with Gasteiger partial charge in [-0.15, -0.1) is 0 Å². The van der Waals surface area contributed by atoms with Gasteiger partial charge in [-0.3, -0.25) is 4.21 Å². The first-order chi connectivity index (χ1) is 7.16. The molecule has 2 nitrogen and oxygen atoms in total. The maximum Gasteiger partial charge on any atom is 0.141 e. The Balaban J connectivity index is 2.03. The van der Waals surface area contributed by atoms with E-state index in [1.165, 1.54) is 25.0 Å². The van der Waals surface area contributed by atoms with Crippen molar-refractivity contribution >= 4 is 16.5 Å². The van der Waals surface area contributed by atoms with E-state index in [4.69, 9.17) is 5.73 Å². The molecule has 0 radical (unpaired) electrons. The van der Waals surface area contributed by atoms with E-state index in [1.54, 1.807) is 6.07 Å². The van der Waals surface area contributed by atoms with Crippen LogP contribution in [-0.4, -0.2) is 9.96 Å². The Kier molecular flexibility index (Phi) is 3.05. The number of hydrogen-bond donors (Lipinski definition) is 1. The van der Waals surface area contributed by atoms with E-state index in [0.29, 0.717) is 11.4 Å². The van der Waals surface area contributed by atoms with Gasteiger partial charge >= 0.3 is 0 Å². The van der Waals surface area contributed by atoms with Crippen LogP contribution in [0.4, 0.5) is 10.1 Å². The van der Waals surface area contributed by atoms with Crippen LogP contribution in [-0.2, 0) is 10.8 Å². The Morgan fingerprint density at radius 1 is 1.47 bits per heavy atom. The summed E-state index contributed by atoms with van der Waals surface area (Å²) in [5.74, 6) is 0.834. The van der Waals surface area contributed by atoms with Gasteiger partial charge in [0.25, 0.3) is 0 Å². The first kappa shape index (κ1) is 10.6. The van der Waals surface area contributed by atoms with Crippen LogP contribution in [0.5, 0.6) is 0 Å². The normalized spacial score (nSPS) is 17.7. The first-order valence-electron chi connectivity index (χ1n) is 5.10. The van der Waals surface area contributed by atoms with Crippen LogP contribution in [0.3, 0.4) is 0 Å². The number of nitrogens with two attached hydrogens (primary N) is 1.